The van der Waals surface area contributed by atoms with E-state index in [1.807, 2.05) is 0 Å². The molecule has 2 rings (SSSR count). The predicted molar refractivity (Wildman–Crippen MR) is 81.7 cm³/mol. The fourth-order valence-corrected chi connectivity index (χ4v) is 3.28. The summed E-state index contributed by atoms with van der Waals surface area (Å²) in [6.07, 6.45) is 9.31. The third kappa shape index (κ3) is 5.31. The van der Waals surface area contributed by atoms with Crippen LogP contribution in [0.4, 0.5) is 0 Å². The van der Waals surface area contributed by atoms with Crippen LogP contribution in [-0.4, -0.2) is 36.5 Å². The molecule has 0 aliphatic carbocycles. The highest BCUT2D eigenvalue weighted by molar-refractivity contribution is 5.85. The molecule has 19 heavy (non-hydrogen) atoms. The van der Waals surface area contributed by atoms with E-state index in [4.69, 9.17) is 0 Å². The van der Waals surface area contributed by atoms with Gasteiger partial charge in [0.1, 0.15) is 0 Å². The largest absolute Gasteiger partial charge is 0.343 e. The van der Waals surface area contributed by atoms with Gasteiger partial charge >= 0.3 is 0 Å². The Morgan fingerprint density at radius 2 is 2.05 bits per heavy atom. The molecule has 0 aromatic heterocycles. The number of nitrogens with one attached hydrogen (secondary N) is 1. The zero-order chi connectivity index (χ0) is 12.8. The van der Waals surface area contributed by atoms with Crippen molar-refractivity contribution < 1.29 is 4.79 Å². The Balaban J connectivity index is 0.00000180. The Morgan fingerprint density at radius 3 is 2.74 bits per heavy atom. The summed E-state index contributed by atoms with van der Waals surface area (Å²) in [5, 5.41) is 3.47. The van der Waals surface area contributed by atoms with Gasteiger partial charge in [-0.1, -0.05) is 13.3 Å². The smallest absolute Gasteiger partial charge is 0.222 e. The summed E-state index contributed by atoms with van der Waals surface area (Å²) >= 11 is 0. The minimum absolute atomic E-state index is 0. The van der Waals surface area contributed by atoms with Crippen molar-refractivity contribution in [1.82, 2.24) is 10.2 Å². The average Bonchev–Trinajstić information content (AvgIpc) is 2.79. The number of carbonyl (C=O) groups excluding carboxylic acids is 1. The molecule has 2 aliphatic heterocycles. The number of rotatable bonds is 4. The molecular formula is C15H29ClN2O. The summed E-state index contributed by atoms with van der Waals surface area (Å²) in [7, 11) is 0. The molecule has 0 saturated carbocycles. The zero-order valence-corrected chi connectivity index (χ0v) is 13.0. The van der Waals surface area contributed by atoms with Gasteiger partial charge in [0, 0.05) is 25.6 Å². The van der Waals surface area contributed by atoms with Crippen LogP contribution in [-0.2, 0) is 4.79 Å². The molecule has 2 saturated heterocycles. The third-order valence-corrected chi connectivity index (χ3v) is 4.65. The number of hydrogen-bond acceptors (Lipinski definition) is 2. The van der Waals surface area contributed by atoms with Gasteiger partial charge in [-0.3, -0.25) is 4.79 Å². The molecule has 2 heterocycles. The molecular weight excluding hydrogens is 260 g/mol. The van der Waals surface area contributed by atoms with Crippen molar-refractivity contribution in [2.75, 3.05) is 19.6 Å². The van der Waals surface area contributed by atoms with E-state index in [0.29, 0.717) is 11.9 Å². The van der Waals surface area contributed by atoms with Crippen molar-refractivity contribution in [3.63, 3.8) is 0 Å². The molecule has 2 fully saturated rings. The van der Waals surface area contributed by atoms with Crippen molar-refractivity contribution in [3.05, 3.63) is 0 Å². The van der Waals surface area contributed by atoms with Crippen LogP contribution in [0.15, 0.2) is 0 Å². The topological polar surface area (TPSA) is 32.3 Å². The predicted octanol–water partition coefficient (Wildman–Crippen LogP) is 2.98. The Kier molecular flexibility index (Phi) is 7.77. The first-order valence-electron chi connectivity index (χ1n) is 7.80. The number of amides is 1. The quantitative estimate of drug-likeness (QED) is 0.862. The normalized spacial score (nSPS) is 27.7. The van der Waals surface area contributed by atoms with Gasteiger partial charge in [0.15, 0.2) is 0 Å². The van der Waals surface area contributed by atoms with Gasteiger partial charge < -0.3 is 10.2 Å². The number of likely N-dealkylation sites (tertiary alicyclic amines) is 1. The van der Waals surface area contributed by atoms with Crippen molar-refractivity contribution in [2.24, 2.45) is 5.92 Å². The molecule has 0 spiro atoms. The SMILES string of the molecule is CCC1CCCN(C(=O)CCC2CCCN2)CC1.Cl. The number of halogens is 1. The average molecular weight is 289 g/mol. The van der Waals surface area contributed by atoms with Crippen LogP contribution >= 0.6 is 12.4 Å². The zero-order valence-electron chi connectivity index (χ0n) is 12.2. The second-order valence-electron chi connectivity index (χ2n) is 5.92. The second kappa shape index (κ2) is 8.80. The first-order chi connectivity index (χ1) is 8.79. The van der Waals surface area contributed by atoms with E-state index in [9.17, 15) is 4.79 Å². The molecule has 0 radical (unpaired) electrons. The maximum Gasteiger partial charge on any atom is 0.222 e. The fourth-order valence-electron chi connectivity index (χ4n) is 3.28. The molecule has 112 valence electrons. The molecule has 0 bridgehead atoms. The molecule has 2 atom stereocenters. The molecule has 4 heteroatoms. The molecule has 2 unspecified atom stereocenters. The minimum Gasteiger partial charge on any atom is -0.343 e. The van der Waals surface area contributed by atoms with Crippen molar-refractivity contribution in [2.45, 2.75) is 64.3 Å². The number of hydrogen-bond donors (Lipinski definition) is 1. The van der Waals surface area contributed by atoms with Crippen LogP contribution in [0, 0.1) is 5.92 Å². The Labute approximate surface area is 123 Å². The number of nitrogens with zero attached hydrogens (tertiary/aromatic N) is 1. The molecule has 1 N–H and O–H groups in total. The van der Waals surface area contributed by atoms with Gasteiger partial charge in [-0.05, 0) is 51.0 Å². The highest BCUT2D eigenvalue weighted by Gasteiger charge is 2.21. The highest BCUT2D eigenvalue weighted by atomic mass is 35.5. The maximum absolute atomic E-state index is 12.2. The van der Waals surface area contributed by atoms with Crippen LogP contribution in [0.3, 0.4) is 0 Å². The first-order valence-corrected chi connectivity index (χ1v) is 7.80. The summed E-state index contributed by atoms with van der Waals surface area (Å²) in [6.45, 7) is 5.40. The first kappa shape index (κ1) is 16.8. The van der Waals surface area contributed by atoms with Gasteiger partial charge in [0.05, 0.1) is 0 Å². The van der Waals surface area contributed by atoms with Crippen LogP contribution in [0.25, 0.3) is 0 Å². The Hall–Kier alpha value is -0.280. The summed E-state index contributed by atoms with van der Waals surface area (Å²) in [6, 6.07) is 0.601. The van der Waals surface area contributed by atoms with Gasteiger partial charge in [-0.2, -0.15) is 0 Å². The molecule has 0 aromatic rings. The van der Waals surface area contributed by atoms with Gasteiger partial charge in [-0.15, -0.1) is 12.4 Å². The molecule has 2 aliphatic rings. The van der Waals surface area contributed by atoms with Crippen LogP contribution in [0.5, 0.6) is 0 Å². The van der Waals surface area contributed by atoms with E-state index < -0.39 is 0 Å². The van der Waals surface area contributed by atoms with E-state index in [1.54, 1.807) is 0 Å². The van der Waals surface area contributed by atoms with E-state index >= 15 is 0 Å². The summed E-state index contributed by atoms with van der Waals surface area (Å²) < 4.78 is 0. The standard InChI is InChI=1S/C15H28N2O.ClH/c1-2-13-5-4-11-17(12-9-13)15(18)8-7-14-6-3-10-16-14;/h13-14,16H,2-12H2,1H3;1H. The van der Waals surface area contributed by atoms with E-state index in [0.717, 1.165) is 38.4 Å². The van der Waals surface area contributed by atoms with Crippen LogP contribution < -0.4 is 5.32 Å². The lowest BCUT2D eigenvalue weighted by molar-refractivity contribution is -0.131. The third-order valence-electron chi connectivity index (χ3n) is 4.65. The fraction of sp³-hybridized carbons (Fsp3) is 0.933. The Bertz CT molecular complexity index is 267. The monoisotopic (exact) mass is 288 g/mol. The second-order valence-corrected chi connectivity index (χ2v) is 5.92. The summed E-state index contributed by atoms with van der Waals surface area (Å²) in [4.78, 5) is 14.3. The van der Waals surface area contributed by atoms with Crippen molar-refractivity contribution in [1.29, 1.82) is 0 Å². The number of carbonyl (C=O) groups is 1. The molecule has 0 aromatic carbocycles. The van der Waals surface area contributed by atoms with Crippen LogP contribution in [0.1, 0.15) is 58.3 Å². The lowest BCUT2D eigenvalue weighted by Gasteiger charge is -2.21. The lowest BCUT2D eigenvalue weighted by Crippen LogP contribution is -2.33. The maximum atomic E-state index is 12.2. The Morgan fingerprint density at radius 1 is 1.21 bits per heavy atom. The van der Waals surface area contributed by atoms with E-state index in [-0.39, 0.29) is 12.4 Å². The van der Waals surface area contributed by atoms with Gasteiger partial charge in [-0.25, -0.2) is 0 Å². The lowest BCUT2D eigenvalue weighted by atomic mass is 9.98. The van der Waals surface area contributed by atoms with Gasteiger partial charge in [0.2, 0.25) is 5.91 Å². The minimum atomic E-state index is 0. The molecule has 3 nitrogen and oxygen atoms in total. The molecule has 1 amide bonds. The van der Waals surface area contributed by atoms with Crippen LogP contribution in [0.2, 0.25) is 0 Å². The van der Waals surface area contributed by atoms with Crippen molar-refractivity contribution in [3.8, 4) is 0 Å². The van der Waals surface area contributed by atoms with Gasteiger partial charge in [0.25, 0.3) is 0 Å². The highest BCUT2D eigenvalue weighted by Crippen LogP contribution is 2.21. The van der Waals surface area contributed by atoms with E-state index in [1.165, 1.54) is 38.5 Å². The van der Waals surface area contributed by atoms with E-state index in [2.05, 4.69) is 17.1 Å². The van der Waals surface area contributed by atoms with Crippen molar-refractivity contribution >= 4 is 18.3 Å². The summed E-state index contributed by atoms with van der Waals surface area (Å²) in [5.41, 5.74) is 0. The summed E-state index contributed by atoms with van der Waals surface area (Å²) in [5.74, 6) is 1.24.